The van der Waals surface area contributed by atoms with E-state index in [-0.39, 0.29) is 5.75 Å². The van der Waals surface area contributed by atoms with E-state index in [2.05, 4.69) is 29.9 Å². The van der Waals surface area contributed by atoms with Crippen molar-refractivity contribution < 1.29 is 17.9 Å². The zero-order valence-electron chi connectivity index (χ0n) is 16.0. The fraction of sp³-hybridized carbons (Fsp3) is 0.565. The van der Waals surface area contributed by atoms with E-state index in [1.165, 1.54) is 57.1 Å². The fourth-order valence-electron chi connectivity index (χ4n) is 4.45. The molecule has 1 nitrogen and oxygen atoms in total. The molecule has 1 fully saturated rings. The summed E-state index contributed by atoms with van der Waals surface area (Å²) < 4.78 is 40.7. The Morgan fingerprint density at radius 1 is 1.04 bits per heavy atom. The van der Waals surface area contributed by atoms with Crippen LogP contribution in [0.15, 0.2) is 42.5 Å². The van der Waals surface area contributed by atoms with Gasteiger partial charge in [-0.3, -0.25) is 0 Å². The lowest BCUT2D eigenvalue weighted by Gasteiger charge is -2.33. The van der Waals surface area contributed by atoms with Crippen molar-refractivity contribution in [2.75, 3.05) is 0 Å². The minimum Gasteiger partial charge on any atom is -0.406 e. The van der Waals surface area contributed by atoms with Crippen LogP contribution >= 0.6 is 0 Å². The standard InChI is InChI=1S/C23H29F3O/c1-2-3-4-17-5-7-18(8-6-17)19-9-11-20(12-10-19)21-13-15-22(16-14-21)27-23(24,25)26/h9,11-19H,2-8,10H2,1H3. The maximum atomic E-state index is 12.3. The molecule has 0 heterocycles. The predicted octanol–water partition coefficient (Wildman–Crippen LogP) is 7.54. The number of ether oxygens (including phenoxy) is 1. The molecule has 2 aliphatic rings. The maximum absolute atomic E-state index is 12.3. The van der Waals surface area contributed by atoms with Crippen molar-refractivity contribution in [2.45, 2.75) is 64.7 Å². The van der Waals surface area contributed by atoms with Gasteiger partial charge in [0.05, 0.1) is 0 Å². The van der Waals surface area contributed by atoms with Gasteiger partial charge in [-0.2, -0.15) is 0 Å². The molecule has 0 amide bonds. The van der Waals surface area contributed by atoms with Crippen LogP contribution in [0, 0.1) is 17.8 Å². The number of allylic oxidation sites excluding steroid dienone is 4. The summed E-state index contributed by atoms with van der Waals surface area (Å²) in [4.78, 5) is 0. The molecule has 3 rings (SSSR count). The average Bonchev–Trinajstić information content (AvgIpc) is 2.66. The average molecular weight is 378 g/mol. The van der Waals surface area contributed by atoms with Gasteiger partial charge in [-0.25, -0.2) is 0 Å². The molecule has 0 N–H and O–H groups in total. The number of alkyl halides is 3. The van der Waals surface area contributed by atoms with Crippen LogP contribution in [-0.4, -0.2) is 6.36 Å². The Balaban J connectivity index is 1.51. The number of hydrogen-bond donors (Lipinski definition) is 0. The van der Waals surface area contributed by atoms with E-state index in [1.807, 2.05) is 0 Å². The Kier molecular flexibility index (Phi) is 6.67. The van der Waals surface area contributed by atoms with Gasteiger partial charge in [-0.1, -0.05) is 69.4 Å². The highest BCUT2D eigenvalue weighted by atomic mass is 19.4. The minimum absolute atomic E-state index is 0.177. The van der Waals surface area contributed by atoms with E-state index >= 15 is 0 Å². The molecule has 1 unspecified atom stereocenters. The van der Waals surface area contributed by atoms with Crippen molar-refractivity contribution >= 4 is 5.57 Å². The summed E-state index contributed by atoms with van der Waals surface area (Å²) in [5.41, 5.74) is 2.02. The van der Waals surface area contributed by atoms with Gasteiger partial charge in [0.2, 0.25) is 0 Å². The van der Waals surface area contributed by atoms with Gasteiger partial charge in [0, 0.05) is 0 Å². The topological polar surface area (TPSA) is 9.23 Å². The summed E-state index contributed by atoms with van der Waals surface area (Å²) in [6, 6.07) is 6.13. The van der Waals surface area contributed by atoms with Crippen LogP contribution in [-0.2, 0) is 0 Å². The molecular formula is C23H29F3O. The second-order valence-electron chi connectivity index (χ2n) is 7.91. The van der Waals surface area contributed by atoms with Gasteiger partial charge in [0.1, 0.15) is 5.75 Å². The number of benzene rings is 1. The van der Waals surface area contributed by atoms with E-state index in [1.54, 1.807) is 12.1 Å². The van der Waals surface area contributed by atoms with Gasteiger partial charge >= 0.3 is 6.36 Å². The normalized spacial score (nSPS) is 25.9. The van der Waals surface area contributed by atoms with E-state index < -0.39 is 6.36 Å². The first-order valence-corrected chi connectivity index (χ1v) is 10.2. The Morgan fingerprint density at radius 2 is 1.74 bits per heavy atom. The lowest BCUT2D eigenvalue weighted by atomic mass is 9.72. The molecule has 1 atom stereocenters. The lowest BCUT2D eigenvalue weighted by Crippen LogP contribution is -2.21. The van der Waals surface area contributed by atoms with Crippen LogP contribution in [0.4, 0.5) is 13.2 Å². The van der Waals surface area contributed by atoms with Crippen molar-refractivity contribution in [2.24, 2.45) is 17.8 Å². The number of halogens is 3. The van der Waals surface area contributed by atoms with Crippen molar-refractivity contribution in [1.82, 2.24) is 0 Å². The summed E-state index contributed by atoms with van der Waals surface area (Å²) >= 11 is 0. The largest absolute Gasteiger partial charge is 0.573 e. The molecule has 1 aromatic rings. The highest BCUT2D eigenvalue weighted by Gasteiger charge is 2.31. The van der Waals surface area contributed by atoms with Crippen molar-refractivity contribution in [1.29, 1.82) is 0 Å². The Labute approximate surface area is 160 Å². The quantitative estimate of drug-likeness (QED) is 0.497. The zero-order valence-corrected chi connectivity index (χ0v) is 16.0. The Hall–Kier alpha value is -1.71. The molecule has 0 aromatic heterocycles. The van der Waals surface area contributed by atoms with Gasteiger partial charge in [0.25, 0.3) is 0 Å². The first-order chi connectivity index (χ1) is 12.9. The molecule has 0 radical (unpaired) electrons. The summed E-state index contributed by atoms with van der Waals surface area (Å²) in [6.07, 6.45) is 12.5. The minimum atomic E-state index is -4.64. The van der Waals surface area contributed by atoms with Gasteiger partial charge in [-0.05, 0) is 60.3 Å². The summed E-state index contributed by atoms with van der Waals surface area (Å²) in [7, 11) is 0. The molecule has 148 valence electrons. The third kappa shape index (κ3) is 5.88. The van der Waals surface area contributed by atoms with Crippen LogP contribution in [0.5, 0.6) is 5.75 Å². The highest BCUT2D eigenvalue weighted by molar-refractivity contribution is 5.75. The number of hydrogen-bond acceptors (Lipinski definition) is 1. The van der Waals surface area contributed by atoms with E-state index in [0.29, 0.717) is 5.92 Å². The van der Waals surface area contributed by atoms with Crippen LogP contribution < -0.4 is 4.74 Å². The number of unbranched alkanes of at least 4 members (excludes halogenated alkanes) is 1. The maximum Gasteiger partial charge on any atom is 0.573 e. The molecule has 2 aliphatic carbocycles. The van der Waals surface area contributed by atoms with Gasteiger partial charge in [0.15, 0.2) is 0 Å². The van der Waals surface area contributed by atoms with Crippen LogP contribution in [0.2, 0.25) is 0 Å². The highest BCUT2D eigenvalue weighted by Crippen LogP contribution is 2.39. The smallest absolute Gasteiger partial charge is 0.406 e. The molecule has 1 aromatic carbocycles. The van der Waals surface area contributed by atoms with Crippen molar-refractivity contribution in [3.63, 3.8) is 0 Å². The van der Waals surface area contributed by atoms with E-state index in [9.17, 15) is 13.2 Å². The molecule has 4 heteroatoms. The molecule has 1 saturated carbocycles. The van der Waals surface area contributed by atoms with Crippen LogP contribution in [0.3, 0.4) is 0 Å². The fourth-order valence-corrected chi connectivity index (χ4v) is 4.45. The summed E-state index contributed by atoms with van der Waals surface area (Å²) in [6.45, 7) is 2.26. The van der Waals surface area contributed by atoms with Crippen molar-refractivity contribution in [3.8, 4) is 5.75 Å². The summed E-state index contributed by atoms with van der Waals surface area (Å²) in [5.74, 6) is 2.13. The predicted molar refractivity (Wildman–Crippen MR) is 103 cm³/mol. The Morgan fingerprint density at radius 3 is 2.30 bits per heavy atom. The first kappa shape index (κ1) is 20.0. The molecule has 0 aliphatic heterocycles. The molecule has 0 bridgehead atoms. The third-order valence-corrected chi connectivity index (χ3v) is 6.02. The lowest BCUT2D eigenvalue weighted by molar-refractivity contribution is -0.274. The monoisotopic (exact) mass is 378 g/mol. The SMILES string of the molecule is CCCCC1CCC(C2C=CC(c3ccc(OC(F)(F)F)cc3)=CC2)CC1. The van der Waals surface area contributed by atoms with Crippen LogP contribution in [0.1, 0.15) is 63.9 Å². The third-order valence-electron chi connectivity index (χ3n) is 6.02. The second-order valence-corrected chi connectivity index (χ2v) is 7.91. The van der Waals surface area contributed by atoms with Crippen molar-refractivity contribution in [3.05, 3.63) is 48.1 Å². The second kappa shape index (κ2) is 8.99. The summed E-state index contributed by atoms with van der Waals surface area (Å²) in [5, 5.41) is 0. The molecule has 0 saturated heterocycles. The first-order valence-electron chi connectivity index (χ1n) is 10.2. The van der Waals surface area contributed by atoms with E-state index in [4.69, 9.17) is 0 Å². The number of rotatable bonds is 6. The van der Waals surface area contributed by atoms with Gasteiger partial charge in [-0.15, -0.1) is 13.2 Å². The van der Waals surface area contributed by atoms with Crippen LogP contribution in [0.25, 0.3) is 5.57 Å². The van der Waals surface area contributed by atoms with E-state index in [0.717, 1.165) is 29.4 Å². The Bertz CT molecular complexity index is 649. The molecular weight excluding hydrogens is 349 g/mol. The molecule has 0 spiro atoms. The molecule has 27 heavy (non-hydrogen) atoms. The zero-order chi connectivity index (χ0) is 19.3. The van der Waals surface area contributed by atoms with Gasteiger partial charge < -0.3 is 4.74 Å².